The highest BCUT2D eigenvalue weighted by molar-refractivity contribution is 14.1. The van der Waals surface area contributed by atoms with Gasteiger partial charge in [-0.2, -0.15) is 0 Å². The summed E-state index contributed by atoms with van der Waals surface area (Å²) < 4.78 is 1.05. The normalized spacial score (nSPS) is 12.0. The molecule has 0 rings (SSSR count). The lowest BCUT2D eigenvalue weighted by molar-refractivity contribution is 0.0303. The highest BCUT2D eigenvalue weighted by atomic mass is 127. The maximum atomic E-state index is 9.62. The largest absolute Gasteiger partial charge is 0.390 e. The number of rotatable bonds is 4. The first kappa shape index (κ1) is 9.69. The second-order valence-corrected chi connectivity index (χ2v) is 3.45. The number of halogens is 1. The van der Waals surface area contributed by atoms with E-state index in [2.05, 4.69) is 22.6 Å². The van der Waals surface area contributed by atoms with Gasteiger partial charge >= 0.3 is 0 Å². The Bertz CT molecular complexity index is 69.3. The van der Waals surface area contributed by atoms with Crippen molar-refractivity contribution in [2.24, 2.45) is 0 Å². The molecule has 0 aromatic carbocycles. The second-order valence-electron chi connectivity index (χ2n) is 2.37. The molecule has 0 spiro atoms. The van der Waals surface area contributed by atoms with E-state index in [9.17, 15) is 5.11 Å². The molecule has 0 aliphatic heterocycles. The van der Waals surface area contributed by atoms with Crippen molar-refractivity contribution in [3.05, 3.63) is 0 Å². The molecular weight excluding hydrogens is 227 g/mol. The third-order valence-corrected chi connectivity index (χ3v) is 2.42. The van der Waals surface area contributed by atoms with Crippen LogP contribution < -0.4 is 0 Å². The van der Waals surface area contributed by atoms with E-state index in [1.165, 1.54) is 0 Å². The van der Waals surface area contributed by atoms with Gasteiger partial charge < -0.3 is 5.11 Å². The minimum absolute atomic E-state index is 0.374. The molecule has 0 amide bonds. The van der Waals surface area contributed by atoms with Crippen molar-refractivity contribution in [1.82, 2.24) is 0 Å². The number of hydrogen-bond acceptors (Lipinski definition) is 1. The molecular formula is C7H15IO. The lowest BCUT2D eigenvalue weighted by atomic mass is 9.95. The van der Waals surface area contributed by atoms with Crippen molar-refractivity contribution in [2.45, 2.75) is 38.7 Å². The van der Waals surface area contributed by atoms with Crippen LogP contribution in [0.4, 0.5) is 0 Å². The maximum Gasteiger partial charge on any atom is 0.0649 e. The summed E-state index contributed by atoms with van der Waals surface area (Å²) in [6, 6.07) is 0. The van der Waals surface area contributed by atoms with Crippen LogP contribution in [0.3, 0.4) is 0 Å². The quantitative estimate of drug-likeness (QED) is 0.592. The SMILES string of the molecule is CCC(O)(CC)CCI. The van der Waals surface area contributed by atoms with Crippen LogP contribution >= 0.6 is 22.6 Å². The van der Waals surface area contributed by atoms with Crippen LogP contribution in [-0.4, -0.2) is 15.1 Å². The van der Waals surface area contributed by atoms with E-state index in [1.807, 2.05) is 13.8 Å². The maximum absolute atomic E-state index is 9.62. The van der Waals surface area contributed by atoms with Gasteiger partial charge in [0.2, 0.25) is 0 Å². The zero-order valence-corrected chi connectivity index (χ0v) is 8.31. The van der Waals surface area contributed by atoms with Crippen LogP contribution in [0.1, 0.15) is 33.1 Å². The van der Waals surface area contributed by atoms with E-state index in [1.54, 1.807) is 0 Å². The first-order valence-electron chi connectivity index (χ1n) is 3.47. The van der Waals surface area contributed by atoms with Crippen molar-refractivity contribution in [3.63, 3.8) is 0 Å². The summed E-state index contributed by atoms with van der Waals surface area (Å²) in [6.07, 6.45) is 2.69. The van der Waals surface area contributed by atoms with Crippen LogP contribution in [0, 0.1) is 0 Å². The fraction of sp³-hybridized carbons (Fsp3) is 1.00. The summed E-state index contributed by atoms with van der Waals surface area (Å²) in [6.45, 7) is 4.08. The van der Waals surface area contributed by atoms with Crippen molar-refractivity contribution in [1.29, 1.82) is 0 Å². The molecule has 0 aliphatic carbocycles. The van der Waals surface area contributed by atoms with Gasteiger partial charge in [0.05, 0.1) is 5.60 Å². The molecule has 9 heavy (non-hydrogen) atoms. The van der Waals surface area contributed by atoms with Gasteiger partial charge in [-0.25, -0.2) is 0 Å². The zero-order chi connectivity index (χ0) is 7.33. The molecule has 56 valence electrons. The summed E-state index contributed by atoms with van der Waals surface area (Å²) in [5.41, 5.74) is -0.374. The number of hydrogen-bond donors (Lipinski definition) is 1. The fourth-order valence-electron chi connectivity index (χ4n) is 0.779. The molecule has 0 saturated heterocycles. The summed E-state index contributed by atoms with van der Waals surface area (Å²) in [5, 5.41) is 9.62. The third kappa shape index (κ3) is 3.40. The van der Waals surface area contributed by atoms with Crippen LogP contribution in [0.2, 0.25) is 0 Å². The second kappa shape index (κ2) is 4.50. The minimum Gasteiger partial charge on any atom is -0.390 e. The van der Waals surface area contributed by atoms with Crippen LogP contribution in [0.15, 0.2) is 0 Å². The van der Waals surface area contributed by atoms with Crippen molar-refractivity contribution in [2.75, 3.05) is 4.43 Å². The van der Waals surface area contributed by atoms with Gasteiger partial charge in [0.15, 0.2) is 0 Å². The Morgan fingerprint density at radius 3 is 1.89 bits per heavy atom. The highest BCUT2D eigenvalue weighted by Gasteiger charge is 2.19. The van der Waals surface area contributed by atoms with E-state index in [4.69, 9.17) is 0 Å². The van der Waals surface area contributed by atoms with E-state index in [0.717, 1.165) is 23.7 Å². The molecule has 1 nitrogen and oxygen atoms in total. The summed E-state index contributed by atoms with van der Waals surface area (Å²) >= 11 is 2.30. The summed E-state index contributed by atoms with van der Waals surface area (Å²) in [7, 11) is 0. The van der Waals surface area contributed by atoms with Crippen LogP contribution in [0.5, 0.6) is 0 Å². The molecule has 1 N–H and O–H groups in total. The molecule has 0 radical (unpaired) electrons. The van der Waals surface area contributed by atoms with Crippen LogP contribution in [0.25, 0.3) is 0 Å². The molecule has 0 unspecified atom stereocenters. The molecule has 0 aromatic rings. The third-order valence-electron chi connectivity index (χ3n) is 1.88. The van der Waals surface area contributed by atoms with Crippen LogP contribution in [-0.2, 0) is 0 Å². The highest BCUT2D eigenvalue weighted by Crippen LogP contribution is 2.19. The van der Waals surface area contributed by atoms with Crippen molar-refractivity contribution in [3.8, 4) is 0 Å². The van der Waals surface area contributed by atoms with Gasteiger partial charge in [0.25, 0.3) is 0 Å². The molecule has 0 heterocycles. The Morgan fingerprint density at radius 1 is 1.33 bits per heavy atom. The number of alkyl halides is 1. The molecule has 0 aromatic heterocycles. The fourth-order valence-corrected chi connectivity index (χ4v) is 1.78. The lowest BCUT2D eigenvalue weighted by Crippen LogP contribution is -2.26. The molecule has 0 atom stereocenters. The van der Waals surface area contributed by atoms with Gasteiger partial charge in [0.1, 0.15) is 0 Å². The molecule has 0 bridgehead atoms. The molecule has 0 saturated carbocycles. The monoisotopic (exact) mass is 242 g/mol. The van der Waals surface area contributed by atoms with Gasteiger partial charge in [0, 0.05) is 4.43 Å². The molecule has 0 fully saturated rings. The Morgan fingerprint density at radius 2 is 1.78 bits per heavy atom. The Balaban J connectivity index is 3.62. The van der Waals surface area contributed by atoms with Gasteiger partial charge in [-0.1, -0.05) is 36.4 Å². The van der Waals surface area contributed by atoms with Gasteiger partial charge in [-0.3, -0.25) is 0 Å². The minimum atomic E-state index is -0.374. The smallest absolute Gasteiger partial charge is 0.0649 e. The standard InChI is InChI=1S/C7H15IO/c1-3-7(9,4-2)5-6-8/h9H,3-6H2,1-2H3. The van der Waals surface area contributed by atoms with E-state index in [-0.39, 0.29) is 5.60 Å². The Kier molecular flexibility index (Phi) is 4.84. The van der Waals surface area contributed by atoms with Gasteiger partial charge in [-0.15, -0.1) is 0 Å². The Labute approximate surface area is 71.0 Å². The Hall–Kier alpha value is 0.690. The number of aliphatic hydroxyl groups is 1. The molecule has 0 aliphatic rings. The summed E-state index contributed by atoms with van der Waals surface area (Å²) in [5.74, 6) is 0. The lowest BCUT2D eigenvalue weighted by Gasteiger charge is -2.23. The summed E-state index contributed by atoms with van der Waals surface area (Å²) in [4.78, 5) is 0. The van der Waals surface area contributed by atoms with Crippen molar-refractivity contribution >= 4 is 22.6 Å². The average molecular weight is 242 g/mol. The van der Waals surface area contributed by atoms with E-state index < -0.39 is 0 Å². The van der Waals surface area contributed by atoms with Crippen molar-refractivity contribution < 1.29 is 5.11 Å². The first-order chi connectivity index (χ1) is 4.18. The predicted octanol–water partition coefficient (Wildman–Crippen LogP) is 2.36. The first-order valence-corrected chi connectivity index (χ1v) is 4.99. The average Bonchev–Trinajstić information content (AvgIpc) is 1.89. The predicted molar refractivity (Wildman–Crippen MR) is 49.0 cm³/mol. The zero-order valence-electron chi connectivity index (χ0n) is 6.15. The van der Waals surface area contributed by atoms with E-state index in [0.29, 0.717) is 0 Å². The topological polar surface area (TPSA) is 20.2 Å². The molecule has 2 heteroatoms. The van der Waals surface area contributed by atoms with E-state index >= 15 is 0 Å². The van der Waals surface area contributed by atoms with Gasteiger partial charge in [-0.05, 0) is 19.3 Å².